The summed E-state index contributed by atoms with van der Waals surface area (Å²) in [4.78, 5) is 24.6. The molecular formula is C14H18N2O3. The summed E-state index contributed by atoms with van der Waals surface area (Å²) in [6, 6.07) is 6.78. The predicted molar refractivity (Wildman–Crippen MR) is 71.0 cm³/mol. The largest absolute Gasteiger partial charge is 0.465 e. The molecule has 0 bridgehead atoms. The Morgan fingerprint density at radius 3 is 2.74 bits per heavy atom. The Labute approximate surface area is 112 Å². The number of amides is 2. The van der Waals surface area contributed by atoms with E-state index in [0.717, 1.165) is 11.1 Å². The third kappa shape index (κ3) is 2.54. The van der Waals surface area contributed by atoms with Crippen LogP contribution >= 0.6 is 0 Å². The summed E-state index contributed by atoms with van der Waals surface area (Å²) in [5.74, 6) is -0.0108. The van der Waals surface area contributed by atoms with Crippen molar-refractivity contribution in [3.05, 3.63) is 35.4 Å². The standard InChI is InChI=1S/C14H18N2O3/c1-9(2)10-5-3-4-6-11(10)12-13(17)15-7-8-16(12)14(18)19/h3-6,9,12H,7-8H2,1-2H3,(H,15,17)(H,18,19). The fraction of sp³-hybridized carbons (Fsp3) is 0.429. The highest BCUT2D eigenvalue weighted by molar-refractivity contribution is 5.88. The van der Waals surface area contributed by atoms with E-state index in [1.807, 2.05) is 38.1 Å². The summed E-state index contributed by atoms with van der Waals surface area (Å²) in [5.41, 5.74) is 1.79. The van der Waals surface area contributed by atoms with Crippen LogP contribution in [0.2, 0.25) is 0 Å². The molecule has 2 N–H and O–H groups in total. The van der Waals surface area contributed by atoms with E-state index in [9.17, 15) is 14.7 Å². The first-order valence-corrected chi connectivity index (χ1v) is 6.38. The molecule has 0 radical (unpaired) electrons. The SMILES string of the molecule is CC(C)c1ccccc1C1C(=O)NCCN1C(=O)O. The number of benzene rings is 1. The molecule has 1 aliphatic heterocycles. The van der Waals surface area contributed by atoms with Crippen molar-refractivity contribution in [1.29, 1.82) is 0 Å². The first kappa shape index (κ1) is 13.4. The summed E-state index contributed by atoms with van der Waals surface area (Å²) in [6.07, 6.45) is -1.06. The van der Waals surface area contributed by atoms with E-state index in [-0.39, 0.29) is 11.8 Å². The van der Waals surface area contributed by atoms with Crippen molar-refractivity contribution in [3.63, 3.8) is 0 Å². The van der Waals surface area contributed by atoms with Crippen LogP contribution in [0.1, 0.15) is 36.9 Å². The fourth-order valence-corrected chi connectivity index (χ4v) is 2.47. The molecule has 1 aromatic carbocycles. The minimum absolute atomic E-state index is 0.238. The third-order valence-electron chi connectivity index (χ3n) is 3.37. The lowest BCUT2D eigenvalue weighted by molar-refractivity contribution is -0.128. The van der Waals surface area contributed by atoms with Crippen LogP contribution in [0.3, 0.4) is 0 Å². The number of carbonyl (C=O) groups excluding carboxylic acids is 1. The molecule has 5 nitrogen and oxygen atoms in total. The Kier molecular flexibility index (Phi) is 3.74. The molecule has 1 heterocycles. The van der Waals surface area contributed by atoms with Crippen molar-refractivity contribution in [2.75, 3.05) is 13.1 Å². The molecule has 0 spiro atoms. The molecule has 1 unspecified atom stereocenters. The molecule has 2 rings (SSSR count). The van der Waals surface area contributed by atoms with Gasteiger partial charge in [0.05, 0.1) is 0 Å². The van der Waals surface area contributed by atoms with Gasteiger partial charge in [0.2, 0.25) is 5.91 Å². The normalized spacial score (nSPS) is 19.4. The summed E-state index contributed by atoms with van der Waals surface area (Å²) < 4.78 is 0. The van der Waals surface area contributed by atoms with Gasteiger partial charge in [0.15, 0.2) is 0 Å². The van der Waals surface area contributed by atoms with Crippen molar-refractivity contribution in [3.8, 4) is 0 Å². The Hall–Kier alpha value is -2.04. The average Bonchev–Trinajstić information content (AvgIpc) is 2.38. The molecule has 0 aromatic heterocycles. The minimum Gasteiger partial charge on any atom is -0.465 e. The van der Waals surface area contributed by atoms with Crippen LogP contribution in [0, 0.1) is 0 Å². The highest BCUT2D eigenvalue weighted by Gasteiger charge is 2.35. The topological polar surface area (TPSA) is 69.6 Å². The summed E-state index contributed by atoms with van der Waals surface area (Å²) in [5, 5.41) is 12.0. The number of carboxylic acid groups (broad SMARTS) is 1. The fourth-order valence-electron chi connectivity index (χ4n) is 2.47. The van der Waals surface area contributed by atoms with Gasteiger partial charge < -0.3 is 10.4 Å². The van der Waals surface area contributed by atoms with Gasteiger partial charge in [-0.1, -0.05) is 38.1 Å². The molecule has 102 valence electrons. The van der Waals surface area contributed by atoms with Crippen LogP contribution in [-0.2, 0) is 4.79 Å². The van der Waals surface area contributed by atoms with Crippen molar-refractivity contribution >= 4 is 12.0 Å². The molecule has 1 atom stereocenters. The summed E-state index contributed by atoms with van der Waals surface area (Å²) >= 11 is 0. The average molecular weight is 262 g/mol. The van der Waals surface area contributed by atoms with Crippen molar-refractivity contribution in [1.82, 2.24) is 10.2 Å². The lowest BCUT2D eigenvalue weighted by Crippen LogP contribution is -2.52. The first-order valence-electron chi connectivity index (χ1n) is 6.38. The van der Waals surface area contributed by atoms with E-state index in [2.05, 4.69) is 5.32 Å². The van der Waals surface area contributed by atoms with E-state index < -0.39 is 12.1 Å². The van der Waals surface area contributed by atoms with Crippen LogP contribution in [0.15, 0.2) is 24.3 Å². The number of rotatable bonds is 2. The Morgan fingerprint density at radius 1 is 1.42 bits per heavy atom. The Bertz CT molecular complexity index is 499. The van der Waals surface area contributed by atoms with E-state index in [1.54, 1.807) is 0 Å². The van der Waals surface area contributed by atoms with Gasteiger partial charge in [0.25, 0.3) is 0 Å². The zero-order valence-corrected chi connectivity index (χ0v) is 11.1. The van der Waals surface area contributed by atoms with E-state index in [1.165, 1.54) is 4.90 Å². The van der Waals surface area contributed by atoms with Gasteiger partial charge in [0, 0.05) is 13.1 Å². The van der Waals surface area contributed by atoms with Crippen LogP contribution in [0.25, 0.3) is 0 Å². The molecule has 1 aliphatic rings. The smallest absolute Gasteiger partial charge is 0.408 e. The molecular weight excluding hydrogens is 244 g/mol. The molecule has 2 amide bonds. The van der Waals surface area contributed by atoms with Gasteiger partial charge in [-0.2, -0.15) is 0 Å². The number of piperazine rings is 1. The molecule has 0 aliphatic carbocycles. The van der Waals surface area contributed by atoms with Crippen LogP contribution < -0.4 is 5.32 Å². The molecule has 1 saturated heterocycles. The van der Waals surface area contributed by atoms with Gasteiger partial charge in [-0.3, -0.25) is 9.69 Å². The highest BCUT2D eigenvalue weighted by atomic mass is 16.4. The number of hydrogen-bond acceptors (Lipinski definition) is 2. The number of carbonyl (C=O) groups is 2. The van der Waals surface area contributed by atoms with Gasteiger partial charge in [-0.05, 0) is 17.0 Å². The second-order valence-electron chi connectivity index (χ2n) is 4.95. The molecule has 1 aromatic rings. The summed E-state index contributed by atoms with van der Waals surface area (Å²) in [6.45, 7) is 4.75. The quantitative estimate of drug-likeness (QED) is 0.856. The van der Waals surface area contributed by atoms with E-state index in [4.69, 9.17) is 0 Å². The zero-order chi connectivity index (χ0) is 14.0. The van der Waals surface area contributed by atoms with Crippen LogP contribution in [-0.4, -0.2) is 35.1 Å². The van der Waals surface area contributed by atoms with Crippen LogP contribution in [0.4, 0.5) is 4.79 Å². The second-order valence-corrected chi connectivity index (χ2v) is 4.95. The van der Waals surface area contributed by atoms with Crippen molar-refractivity contribution < 1.29 is 14.7 Å². The number of hydrogen-bond donors (Lipinski definition) is 2. The predicted octanol–water partition coefficient (Wildman–Crippen LogP) is 1.96. The van der Waals surface area contributed by atoms with Gasteiger partial charge >= 0.3 is 6.09 Å². The van der Waals surface area contributed by atoms with E-state index in [0.29, 0.717) is 13.1 Å². The maximum atomic E-state index is 12.1. The second kappa shape index (κ2) is 5.30. The monoisotopic (exact) mass is 262 g/mol. The van der Waals surface area contributed by atoms with Crippen LogP contribution in [0.5, 0.6) is 0 Å². The minimum atomic E-state index is -1.06. The molecule has 0 saturated carbocycles. The van der Waals surface area contributed by atoms with Gasteiger partial charge in [-0.15, -0.1) is 0 Å². The molecule has 5 heteroatoms. The van der Waals surface area contributed by atoms with Crippen molar-refractivity contribution in [2.24, 2.45) is 0 Å². The zero-order valence-electron chi connectivity index (χ0n) is 11.1. The third-order valence-corrected chi connectivity index (χ3v) is 3.37. The van der Waals surface area contributed by atoms with E-state index >= 15 is 0 Å². The molecule has 19 heavy (non-hydrogen) atoms. The first-order chi connectivity index (χ1) is 9.02. The lowest BCUT2D eigenvalue weighted by Gasteiger charge is -2.34. The Morgan fingerprint density at radius 2 is 2.11 bits per heavy atom. The van der Waals surface area contributed by atoms with Gasteiger partial charge in [-0.25, -0.2) is 4.79 Å². The maximum Gasteiger partial charge on any atom is 0.408 e. The number of nitrogens with one attached hydrogen (secondary N) is 1. The summed E-state index contributed by atoms with van der Waals surface area (Å²) in [7, 11) is 0. The molecule has 1 fully saturated rings. The Balaban J connectivity index is 2.47. The van der Waals surface area contributed by atoms with Gasteiger partial charge in [0.1, 0.15) is 6.04 Å². The number of nitrogens with zero attached hydrogens (tertiary/aromatic N) is 1. The van der Waals surface area contributed by atoms with Crippen molar-refractivity contribution in [2.45, 2.75) is 25.8 Å². The maximum absolute atomic E-state index is 12.1. The lowest BCUT2D eigenvalue weighted by atomic mass is 9.91. The highest BCUT2D eigenvalue weighted by Crippen LogP contribution is 2.30.